The van der Waals surface area contributed by atoms with Crippen LogP contribution in [-0.4, -0.2) is 75.9 Å². The van der Waals surface area contributed by atoms with E-state index in [2.05, 4.69) is 16.0 Å². The molecule has 11 heteroatoms. The van der Waals surface area contributed by atoms with Crippen LogP contribution in [0.4, 0.5) is 4.79 Å². The molecule has 0 radical (unpaired) electrons. The standard InChI is InChI=1S/C27H45N5O6/c1-25(2,3)20(30-24(38)31-26(4,5)6)23(37)32-12-15-17(27(15,7)8)18(32)22(36)29-16(19(34)21(28)35)11-13-9-14(33)10-13/h13-18,20,33H,9-12H2,1-8H3,(H2,28,35)(H,29,36)(H2,30,31,38)/t13?,14?,15-,16?,17-,18-,20+/m0/s1. The number of nitrogens with one attached hydrogen (secondary N) is 3. The molecule has 11 nitrogen and oxygen atoms in total. The molecular weight excluding hydrogens is 490 g/mol. The molecule has 0 bridgehead atoms. The number of rotatable bonds is 8. The smallest absolute Gasteiger partial charge is 0.315 e. The summed E-state index contributed by atoms with van der Waals surface area (Å²) in [7, 11) is 0. The third-order valence-corrected chi connectivity index (χ3v) is 8.29. The molecule has 1 heterocycles. The largest absolute Gasteiger partial charge is 0.393 e. The Morgan fingerprint density at radius 2 is 1.61 bits per heavy atom. The number of Topliss-reactive ketones (excluding diaryl/α,β-unsaturated/α-hetero) is 1. The van der Waals surface area contributed by atoms with E-state index >= 15 is 0 Å². The molecule has 2 aliphatic carbocycles. The molecule has 3 aliphatic rings. The van der Waals surface area contributed by atoms with Crippen molar-refractivity contribution in [2.24, 2.45) is 34.3 Å². The van der Waals surface area contributed by atoms with Crippen molar-refractivity contribution in [1.82, 2.24) is 20.9 Å². The van der Waals surface area contributed by atoms with Crippen molar-refractivity contribution < 1.29 is 29.1 Å². The van der Waals surface area contributed by atoms with Crippen molar-refractivity contribution in [3.05, 3.63) is 0 Å². The minimum Gasteiger partial charge on any atom is -0.393 e. The number of ketones is 1. The van der Waals surface area contributed by atoms with Gasteiger partial charge in [0.1, 0.15) is 12.1 Å². The van der Waals surface area contributed by atoms with Gasteiger partial charge in [0, 0.05) is 12.1 Å². The normalized spacial score (nSPS) is 29.3. The summed E-state index contributed by atoms with van der Waals surface area (Å²) in [6.45, 7) is 15.5. The van der Waals surface area contributed by atoms with E-state index in [4.69, 9.17) is 5.73 Å². The number of likely N-dealkylation sites (tertiary alicyclic amines) is 1. The maximum absolute atomic E-state index is 13.9. The van der Waals surface area contributed by atoms with E-state index in [9.17, 15) is 29.1 Å². The molecule has 5 amide bonds. The van der Waals surface area contributed by atoms with E-state index < -0.39 is 58.8 Å². The van der Waals surface area contributed by atoms with Gasteiger partial charge in [-0.3, -0.25) is 19.2 Å². The summed E-state index contributed by atoms with van der Waals surface area (Å²) in [5.74, 6) is -2.95. The van der Waals surface area contributed by atoms with Crippen LogP contribution in [-0.2, 0) is 19.2 Å². The molecule has 1 unspecified atom stereocenters. The monoisotopic (exact) mass is 535 g/mol. The fourth-order valence-electron chi connectivity index (χ4n) is 6.02. The number of primary amides is 1. The lowest BCUT2D eigenvalue weighted by Gasteiger charge is -2.38. The zero-order valence-electron chi connectivity index (χ0n) is 23.9. The predicted molar refractivity (Wildman–Crippen MR) is 140 cm³/mol. The van der Waals surface area contributed by atoms with Gasteiger partial charge in [-0.05, 0) is 68.6 Å². The Balaban J connectivity index is 1.83. The lowest BCUT2D eigenvalue weighted by atomic mass is 9.77. The Morgan fingerprint density at radius 3 is 2.08 bits per heavy atom. The second-order valence-electron chi connectivity index (χ2n) is 14.1. The molecule has 0 aromatic carbocycles. The van der Waals surface area contributed by atoms with Crippen LogP contribution in [0, 0.1) is 28.6 Å². The third-order valence-electron chi connectivity index (χ3n) is 8.29. The molecule has 2 saturated carbocycles. The quantitative estimate of drug-likeness (QED) is 0.286. The van der Waals surface area contributed by atoms with Crippen LogP contribution in [0.5, 0.6) is 0 Å². The topological polar surface area (TPSA) is 171 Å². The third kappa shape index (κ3) is 6.30. The molecule has 0 aromatic rings. The summed E-state index contributed by atoms with van der Waals surface area (Å²) < 4.78 is 0. The summed E-state index contributed by atoms with van der Waals surface area (Å²) >= 11 is 0. The number of aliphatic hydroxyl groups is 1. The number of hydrogen-bond acceptors (Lipinski definition) is 6. The van der Waals surface area contributed by atoms with E-state index in [1.165, 1.54) is 4.90 Å². The highest BCUT2D eigenvalue weighted by Crippen LogP contribution is 2.65. The first-order valence-corrected chi connectivity index (χ1v) is 13.4. The first-order chi connectivity index (χ1) is 17.2. The molecule has 1 aliphatic heterocycles. The molecule has 3 fully saturated rings. The second-order valence-corrected chi connectivity index (χ2v) is 14.1. The number of hydrogen-bond donors (Lipinski definition) is 5. The fourth-order valence-corrected chi connectivity index (χ4v) is 6.02. The van der Waals surface area contributed by atoms with Crippen molar-refractivity contribution >= 4 is 29.5 Å². The van der Waals surface area contributed by atoms with E-state index in [-0.39, 0.29) is 35.5 Å². The number of carbonyl (C=O) groups excluding carboxylic acids is 5. The van der Waals surface area contributed by atoms with Gasteiger partial charge in [0.2, 0.25) is 17.6 Å². The number of fused-ring (bicyclic) bond motifs is 1. The van der Waals surface area contributed by atoms with Gasteiger partial charge in [-0.25, -0.2) is 4.79 Å². The number of urea groups is 1. The van der Waals surface area contributed by atoms with Gasteiger partial charge in [-0.1, -0.05) is 34.6 Å². The molecular formula is C27H45N5O6. The van der Waals surface area contributed by atoms with Crippen LogP contribution in [0.1, 0.15) is 74.7 Å². The Morgan fingerprint density at radius 1 is 1.03 bits per heavy atom. The Bertz CT molecular complexity index is 991. The summed E-state index contributed by atoms with van der Waals surface area (Å²) in [5, 5.41) is 18.0. The first-order valence-electron chi connectivity index (χ1n) is 13.4. The number of piperidine rings is 1. The van der Waals surface area contributed by atoms with Crippen molar-refractivity contribution in [2.45, 2.75) is 104 Å². The molecule has 5 atom stereocenters. The van der Waals surface area contributed by atoms with E-state index in [0.717, 1.165) is 0 Å². The lowest BCUT2D eigenvalue weighted by molar-refractivity contribution is -0.145. The lowest BCUT2D eigenvalue weighted by Crippen LogP contribution is -2.62. The zero-order valence-corrected chi connectivity index (χ0v) is 23.9. The highest BCUT2D eigenvalue weighted by atomic mass is 16.3. The zero-order chi connectivity index (χ0) is 29.0. The maximum Gasteiger partial charge on any atom is 0.315 e. The number of nitrogens with two attached hydrogens (primary N) is 1. The highest BCUT2D eigenvalue weighted by Gasteiger charge is 2.70. The summed E-state index contributed by atoms with van der Waals surface area (Å²) in [6.07, 6.45) is 0.717. The van der Waals surface area contributed by atoms with Crippen LogP contribution >= 0.6 is 0 Å². The minimum absolute atomic E-state index is 0.0131. The van der Waals surface area contributed by atoms with E-state index in [1.807, 2.05) is 55.4 Å². The minimum atomic E-state index is -1.14. The van der Waals surface area contributed by atoms with Crippen molar-refractivity contribution in [1.29, 1.82) is 0 Å². The summed E-state index contributed by atoms with van der Waals surface area (Å²) in [5.41, 5.74) is 3.94. The van der Waals surface area contributed by atoms with Crippen LogP contribution in [0.2, 0.25) is 0 Å². The van der Waals surface area contributed by atoms with Crippen LogP contribution < -0.4 is 21.7 Å². The molecule has 0 spiro atoms. The van der Waals surface area contributed by atoms with Gasteiger partial charge in [0.25, 0.3) is 5.91 Å². The molecule has 6 N–H and O–H groups in total. The molecule has 0 aromatic heterocycles. The molecule has 38 heavy (non-hydrogen) atoms. The molecule has 214 valence electrons. The highest BCUT2D eigenvalue weighted by molar-refractivity contribution is 6.37. The average molecular weight is 536 g/mol. The first kappa shape index (κ1) is 29.9. The fraction of sp³-hybridized carbons (Fsp3) is 0.815. The van der Waals surface area contributed by atoms with Gasteiger partial charge < -0.3 is 31.7 Å². The number of nitrogens with zero attached hydrogens (tertiary/aromatic N) is 1. The van der Waals surface area contributed by atoms with Crippen molar-refractivity contribution in [3.8, 4) is 0 Å². The Labute approximate surface area is 225 Å². The Hall–Kier alpha value is -2.69. The Kier molecular flexibility index (Phi) is 7.96. The SMILES string of the molecule is CC(C)(C)NC(=O)N[C@H](C(=O)N1C[C@H]2[C@@H]([C@H]1C(=O)NC(CC1CC(O)C1)C(=O)C(N)=O)C2(C)C)C(C)(C)C. The second kappa shape index (κ2) is 10.1. The number of carbonyl (C=O) groups is 5. The number of aliphatic hydroxyl groups excluding tert-OH is 1. The van der Waals surface area contributed by atoms with Crippen LogP contribution in [0.3, 0.4) is 0 Å². The molecule has 3 rings (SSSR count). The molecule has 1 saturated heterocycles. The van der Waals surface area contributed by atoms with Gasteiger partial charge >= 0.3 is 6.03 Å². The average Bonchev–Trinajstić information content (AvgIpc) is 3.06. The van der Waals surface area contributed by atoms with Crippen LogP contribution in [0.15, 0.2) is 0 Å². The van der Waals surface area contributed by atoms with Gasteiger partial charge in [0.05, 0.1) is 12.1 Å². The summed E-state index contributed by atoms with van der Waals surface area (Å²) in [6, 6.07) is -3.36. The van der Waals surface area contributed by atoms with E-state index in [0.29, 0.717) is 19.4 Å². The predicted octanol–water partition coefficient (Wildman–Crippen LogP) is 0.682. The van der Waals surface area contributed by atoms with Gasteiger partial charge in [-0.2, -0.15) is 0 Å². The maximum atomic E-state index is 13.9. The van der Waals surface area contributed by atoms with Gasteiger partial charge in [-0.15, -0.1) is 0 Å². The van der Waals surface area contributed by atoms with Gasteiger partial charge in [0.15, 0.2) is 0 Å². The number of amides is 5. The van der Waals surface area contributed by atoms with Crippen molar-refractivity contribution in [3.63, 3.8) is 0 Å². The summed E-state index contributed by atoms with van der Waals surface area (Å²) in [4.78, 5) is 66.1. The van der Waals surface area contributed by atoms with Crippen LogP contribution in [0.25, 0.3) is 0 Å². The van der Waals surface area contributed by atoms with E-state index in [1.54, 1.807) is 0 Å². The van der Waals surface area contributed by atoms with Crippen molar-refractivity contribution in [2.75, 3.05) is 6.54 Å².